The molecule has 0 aliphatic carbocycles. The van der Waals surface area contributed by atoms with Crippen LogP contribution in [0.15, 0.2) is 72.8 Å². The van der Waals surface area contributed by atoms with Crippen molar-refractivity contribution in [2.24, 2.45) is 5.92 Å². The first-order chi connectivity index (χ1) is 17.2. The third-order valence-corrected chi connectivity index (χ3v) is 6.54. The summed E-state index contributed by atoms with van der Waals surface area (Å²) in [5.74, 6) is 0.278. The number of rotatable bonds is 11. The van der Waals surface area contributed by atoms with Gasteiger partial charge in [0.05, 0.1) is 0 Å². The lowest BCUT2D eigenvalue weighted by molar-refractivity contribution is -0.142. The van der Waals surface area contributed by atoms with Crippen molar-refractivity contribution in [2.45, 2.75) is 39.8 Å². The second-order valence-electron chi connectivity index (χ2n) is 9.16. The normalized spacial score (nSPS) is 11.7. The Bertz CT molecular complexity index is 1170. The van der Waals surface area contributed by atoms with Gasteiger partial charge >= 0.3 is 0 Å². The van der Waals surface area contributed by atoms with Gasteiger partial charge in [0.2, 0.25) is 5.91 Å². The van der Waals surface area contributed by atoms with Gasteiger partial charge in [0.25, 0.3) is 5.91 Å². The number of carbonyl (C=O) groups excluding carboxylic acids is 2. The standard InChI is InChI=1S/C29H32Cl2N2O3/c1-20(2)17-32-29(35)27(16-22-9-5-4-6-10-22)33(18-23-11-7-8-12-26(23)31)28(34)19-36-24-13-14-25(30)21(3)15-24/h4-15,20,27H,16-19H2,1-3H3,(H,32,35)/t27-/m1/s1. The molecular weight excluding hydrogens is 495 g/mol. The molecule has 0 radical (unpaired) electrons. The molecule has 7 heteroatoms. The highest BCUT2D eigenvalue weighted by Crippen LogP contribution is 2.23. The van der Waals surface area contributed by atoms with Crippen LogP contribution in [-0.2, 0) is 22.6 Å². The summed E-state index contributed by atoms with van der Waals surface area (Å²) in [6.45, 7) is 6.39. The van der Waals surface area contributed by atoms with Gasteiger partial charge in [-0.15, -0.1) is 0 Å². The van der Waals surface area contributed by atoms with Gasteiger partial charge in [-0.25, -0.2) is 0 Å². The van der Waals surface area contributed by atoms with E-state index in [0.29, 0.717) is 28.8 Å². The number of carbonyl (C=O) groups is 2. The van der Waals surface area contributed by atoms with E-state index >= 15 is 0 Å². The molecule has 0 saturated carbocycles. The fourth-order valence-electron chi connectivity index (χ4n) is 3.72. The number of hydrogen-bond donors (Lipinski definition) is 1. The van der Waals surface area contributed by atoms with Crippen molar-refractivity contribution >= 4 is 35.0 Å². The average molecular weight is 527 g/mol. The minimum absolute atomic E-state index is 0.175. The second kappa shape index (κ2) is 13.3. The van der Waals surface area contributed by atoms with Crippen molar-refractivity contribution in [3.8, 4) is 5.75 Å². The summed E-state index contributed by atoms with van der Waals surface area (Å²) in [6.07, 6.45) is 0.362. The number of nitrogens with one attached hydrogen (secondary N) is 1. The maximum absolute atomic E-state index is 13.6. The van der Waals surface area contributed by atoms with Gasteiger partial charge in [0.15, 0.2) is 6.61 Å². The summed E-state index contributed by atoms with van der Waals surface area (Å²) in [6, 6.07) is 21.5. The SMILES string of the molecule is Cc1cc(OCC(=O)N(Cc2ccccc2Cl)[C@H](Cc2ccccc2)C(=O)NCC(C)C)ccc1Cl. The zero-order valence-corrected chi connectivity index (χ0v) is 22.4. The molecule has 36 heavy (non-hydrogen) atoms. The predicted octanol–water partition coefficient (Wildman–Crippen LogP) is 6.09. The average Bonchev–Trinajstić information content (AvgIpc) is 2.86. The van der Waals surface area contributed by atoms with Gasteiger partial charge in [-0.05, 0) is 53.8 Å². The van der Waals surface area contributed by atoms with Crippen LogP contribution >= 0.6 is 23.2 Å². The number of benzene rings is 3. The van der Waals surface area contributed by atoms with Crippen LogP contribution in [-0.4, -0.2) is 35.9 Å². The first kappa shape index (κ1) is 27.6. The van der Waals surface area contributed by atoms with E-state index in [0.717, 1.165) is 16.7 Å². The highest BCUT2D eigenvalue weighted by Gasteiger charge is 2.31. The van der Waals surface area contributed by atoms with E-state index in [1.165, 1.54) is 0 Å². The summed E-state index contributed by atoms with van der Waals surface area (Å²) in [5.41, 5.74) is 2.56. The van der Waals surface area contributed by atoms with E-state index in [-0.39, 0.29) is 30.9 Å². The molecule has 1 N–H and O–H groups in total. The molecule has 0 aliphatic rings. The number of ether oxygens (including phenoxy) is 1. The van der Waals surface area contributed by atoms with Crippen LogP contribution in [0.5, 0.6) is 5.75 Å². The molecule has 3 aromatic rings. The Morgan fingerprint density at radius 3 is 2.31 bits per heavy atom. The minimum Gasteiger partial charge on any atom is -0.484 e. The second-order valence-corrected chi connectivity index (χ2v) is 9.97. The van der Waals surface area contributed by atoms with Gasteiger partial charge in [-0.2, -0.15) is 0 Å². The lowest BCUT2D eigenvalue weighted by Gasteiger charge is -2.32. The van der Waals surface area contributed by atoms with Crippen molar-refractivity contribution in [3.63, 3.8) is 0 Å². The summed E-state index contributed by atoms with van der Waals surface area (Å²) in [7, 11) is 0. The first-order valence-corrected chi connectivity index (χ1v) is 12.7. The molecule has 190 valence electrons. The summed E-state index contributed by atoms with van der Waals surface area (Å²) in [5, 5.41) is 4.16. The Morgan fingerprint density at radius 2 is 1.64 bits per heavy atom. The van der Waals surface area contributed by atoms with Crippen molar-refractivity contribution < 1.29 is 14.3 Å². The monoisotopic (exact) mass is 526 g/mol. The molecule has 0 unspecified atom stereocenters. The van der Waals surface area contributed by atoms with Crippen LogP contribution in [0, 0.1) is 12.8 Å². The molecule has 0 fully saturated rings. The quantitative estimate of drug-likeness (QED) is 0.328. The number of nitrogens with zero attached hydrogens (tertiary/aromatic N) is 1. The van der Waals surface area contributed by atoms with E-state index in [1.807, 2.05) is 69.3 Å². The Kier molecular flexibility index (Phi) is 10.2. The summed E-state index contributed by atoms with van der Waals surface area (Å²) >= 11 is 12.6. The minimum atomic E-state index is -0.745. The van der Waals surface area contributed by atoms with Crippen LogP contribution in [0.4, 0.5) is 0 Å². The lowest BCUT2D eigenvalue weighted by atomic mass is 10.0. The third kappa shape index (κ3) is 8.00. The molecule has 0 heterocycles. The van der Waals surface area contributed by atoms with Crippen LogP contribution in [0.2, 0.25) is 10.0 Å². The Hall–Kier alpha value is -3.02. The van der Waals surface area contributed by atoms with Crippen LogP contribution in [0.25, 0.3) is 0 Å². The van der Waals surface area contributed by atoms with Gasteiger partial charge in [0, 0.05) is 29.6 Å². The highest BCUT2D eigenvalue weighted by molar-refractivity contribution is 6.31. The van der Waals surface area contributed by atoms with Gasteiger partial charge < -0.3 is 15.0 Å². The Labute approximate surface area is 223 Å². The predicted molar refractivity (Wildman–Crippen MR) is 145 cm³/mol. The fraction of sp³-hybridized carbons (Fsp3) is 0.310. The van der Waals surface area contributed by atoms with Crippen molar-refractivity contribution in [3.05, 3.63) is 99.5 Å². The highest BCUT2D eigenvalue weighted by atomic mass is 35.5. The smallest absolute Gasteiger partial charge is 0.261 e. The summed E-state index contributed by atoms with van der Waals surface area (Å²) in [4.78, 5) is 28.6. The van der Waals surface area contributed by atoms with E-state index in [4.69, 9.17) is 27.9 Å². The van der Waals surface area contributed by atoms with Crippen LogP contribution < -0.4 is 10.1 Å². The Morgan fingerprint density at radius 1 is 0.944 bits per heavy atom. The van der Waals surface area contributed by atoms with Crippen LogP contribution in [0.3, 0.4) is 0 Å². The number of aryl methyl sites for hydroxylation is 1. The maximum atomic E-state index is 13.6. The third-order valence-electron chi connectivity index (χ3n) is 5.75. The van der Waals surface area contributed by atoms with E-state index in [2.05, 4.69) is 5.32 Å². The van der Waals surface area contributed by atoms with E-state index < -0.39 is 6.04 Å². The molecular formula is C29H32Cl2N2O3. The lowest BCUT2D eigenvalue weighted by Crippen LogP contribution is -2.52. The number of halogens is 2. The Balaban J connectivity index is 1.91. The van der Waals surface area contributed by atoms with Gasteiger partial charge in [-0.3, -0.25) is 9.59 Å². The maximum Gasteiger partial charge on any atom is 0.261 e. The van der Waals surface area contributed by atoms with Crippen molar-refractivity contribution in [2.75, 3.05) is 13.2 Å². The van der Waals surface area contributed by atoms with Gasteiger partial charge in [0.1, 0.15) is 11.8 Å². The molecule has 0 bridgehead atoms. The molecule has 3 aromatic carbocycles. The molecule has 0 aromatic heterocycles. The van der Waals surface area contributed by atoms with Crippen molar-refractivity contribution in [1.82, 2.24) is 10.2 Å². The molecule has 0 aliphatic heterocycles. The van der Waals surface area contributed by atoms with Gasteiger partial charge in [-0.1, -0.05) is 85.6 Å². The molecule has 3 rings (SSSR count). The molecule has 5 nitrogen and oxygen atoms in total. The van der Waals surface area contributed by atoms with Crippen molar-refractivity contribution in [1.29, 1.82) is 0 Å². The number of amides is 2. The zero-order valence-electron chi connectivity index (χ0n) is 20.8. The van der Waals surface area contributed by atoms with E-state index in [1.54, 1.807) is 29.2 Å². The first-order valence-electron chi connectivity index (χ1n) is 12.0. The number of hydrogen-bond acceptors (Lipinski definition) is 3. The molecule has 0 spiro atoms. The topological polar surface area (TPSA) is 58.6 Å². The zero-order chi connectivity index (χ0) is 26.1. The molecule has 0 saturated heterocycles. The van der Waals surface area contributed by atoms with Crippen LogP contribution in [0.1, 0.15) is 30.5 Å². The molecule has 1 atom stereocenters. The molecule has 2 amide bonds. The van der Waals surface area contributed by atoms with E-state index in [9.17, 15) is 9.59 Å². The summed E-state index contributed by atoms with van der Waals surface area (Å²) < 4.78 is 5.82. The fourth-order valence-corrected chi connectivity index (χ4v) is 4.03. The largest absolute Gasteiger partial charge is 0.484 e.